The first-order chi connectivity index (χ1) is 16.3. The van der Waals surface area contributed by atoms with E-state index in [4.69, 9.17) is 17.8 Å². The van der Waals surface area contributed by atoms with Crippen molar-refractivity contribution in [2.24, 2.45) is 5.92 Å². The molecule has 0 bridgehead atoms. The summed E-state index contributed by atoms with van der Waals surface area (Å²) in [6, 6.07) is 7.39. The predicted octanol–water partition coefficient (Wildman–Crippen LogP) is 3.83. The molecule has 184 valence electrons. The molecular formula is C23H29N3O7S. The lowest BCUT2D eigenvalue weighted by Gasteiger charge is -2.39. The summed E-state index contributed by atoms with van der Waals surface area (Å²) in [5.41, 5.74) is 1.67. The van der Waals surface area contributed by atoms with Crippen LogP contribution >= 0.6 is 0 Å². The van der Waals surface area contributed by atoms with Crippen molar-refractivity contribution in [3.8, 4) is 17.5 Å². The van der Waals surface area contributed by atoms with E-state index >= 15 is 0 Å². The number of aromatic nitrogens is 2. The number of benzene rings is 1. The molecule has 2 fully saturated rings. The first-order valence-electron chi connectivity index (χ1n) is 11.3. The van der Waals surface area contributed by atoms with Crippen LogP contribution in [0.1, 0.15) is 43.7 Å². The minimum absolute atomic E-state index is 0.00903. The molecule has 1 aromatic heterocycles. The second-order valence-corrected chi connectivity index (χ2v) is 9.68. The van der Waals surface area contributed by atoms with Gasteiger partial charge in [-0.3, -0.25) is 8.37 Å². The van der Waals surface area contributed by atoms with Crippen molar-refractivity contribution in [3.63, 3.8) is 0 Å². The van der Waals surface area contributed by atoms with Gasteiger partial charge in [-0.2, -0.15) is 4.21 Å². The van der Waals surface area contributed by atoms with Gasteiger partial charge in [-0.1, -0.05) is 26.0 Å². The summed E-state index contributed by atoms with van der Waals surface area (Å²) in [6.45, 7) is 6.97. The predicted molar refractivity (Wildman–Crippen MR) is 123 cm³/mol. The summed E-state index contributed by atoms with van der Waals surface area (Å²) in [4.78, 5) is 21.6. The van der Waals surface area contributed by atoms with E-state index in [0.717, 1.165) is 5.56 Å². The van der Waals surface area contributed by atoms with E-state index in [0.29, 0.717) is 55.7 Å². The maximum absolute atomic E-state index is 11.6. The molecule has 11 heteroatoms. The van der Waals surface area contributed by atoms with Gasteiger partial charge in [-0.15, -0.1) is 0 Å². The minimum atomic E-state index is -1.66. The molecule has 2 aliphatic heterocycles. The molecule has 2 aromatic rings. The monoisotopic (exact) mass is 491 g/mol. The highest BCUT2D eigenvalue weighted by Crippen LogP contribution is 2.32. The van der Waals surface area contributed by atoms with Gasteiger partial charge in [-0.05, 0) is 30.5 Å². The van der Waals surface area contributed by atoms with Gasteiger partial charge in [0.05, 0.1) is 18.8 Å². The lowest BCUT2D eigenvalue weighted by Crippen LogP contribution is -2.50. The van der Waals surface area contributed by atoms with E-state index < -0.39 is 17.5 Å². The lowest BCUT2D eigenvalue weighted by atomic mass is 9.91. The van der Waals surface area contributed by atoms with E-state index in [-0.39, 0.29) is 24.0 Å². The number of nitrogens with zero attached hydrogens (tertiary/aromatic N) is 3. The zero-order valence-corrected chi connectivity index (χ0v) is 20.2. The van der Waals surface area contributed by atoms with Crippen LogP contribution in [-0.4, -0.2) is 62.2 Å². The van der Waals surface area contributed by atoms with Gasteiger partial charge in [0.1, 0.15) is 18.2 Å². The molecule has 1 aromatic carbocycles. The minimum Gasteiger partial charge on any atom is -0.474 e. The summed E-state index contributed by atoms with van der Waals surface area (Å²) < 4.78 is 33.4. The van der Waals surface area contributed by atoms with Crippen molar-refractivity contribution in [1.29, 1.82) is 0 Å². The molecule has 2 atom stereocenters. The third-order valence-corrected chi connectivity index (χ3v) is 6.84. The van der Waals surface area contributed by atoms with Crippen molar-refractivity contribution >= 4 is 17.5 Å². The van der Waals surface area contributed by atoms with E-state index in [9.17, 15) is 14.1 Å². The summed E-state index contributed by atoms with van der Waals surface area (Å²) in [5, 5.41) is 9.48. The van der Waals surface area contributed by atoms with E-state index in [1.807, 2.05) is 45.0 Å². The third kappa shape index (κ3) is 5.65. The van der Waals surface area contributed by atoms with E-state index in [1.54, 1.807) is 0 Å². The summed E-state index contributed by atoms with van der Waals surface area (Å²) in [6.07, 6.45) is 1.56. The molecule has 0 saturated carbocycles. The lowest BCUT2D eigenvalue weighted by molar-refractivity contribution is 0.0360. The Morgan fingerprint density at radius 2 is 1.85 bits per heavy atom. The van der Waals surface area contributed by atoms with E-state index in [1.165, 1.54) is 11.2 Å². The van der Waals surface area contributed by atoms with E-state index in [2.05, 4.69) is 9.97 Å². The van der Waals surface area contributed by atoms with Crippen molar-refractivity contribution in [2.75, 3.05) is 19.8 Å². The first kappa shape index (κ1) is 24.4. The number of ether oxygens (including phenoxy) is 2. The zero-order chi connectivity index (χ0) is 24.2. The quantitative estimate of drug-likeness (QED) is 0.642. The molecule has 1 amide bonds. The average Bonchev–Trinajstić information content (AvgIpc) is 2.82. The third-order valence-electron chi connectivity index (χ3n) is 6.18. The Balaban J connectivity index is 1.41. The number of amides is 1. The van der Waals surface area contributed by atoms with Crippen LogP contribution < -0.4 is 9.47 Å². The Hall–Kier alpha value is -2.76. The summed E-state index contributed by atoms with van der Waals surface area (Å²) in [7, 11) is 0. The molecular weight excluding hydrogens is 462 g/mol. The maximum Gasteiger partial charge on any atom is 0.407 e. The summed E-state index contributed by atoms with van der Waals surface area (Å²) in [5.74, 6) is 1.62. The highest BCUT2D eigenvalue weighted by Gasteiger charge is 2.35. The second kappa shape index (κ2) is 10.7. The van der Waals surface area contributed by atoms with Gasteiger partial charge in [0.2, 0.25) is 11.8 Å². The fourth-order valence-corrected chi connectivity index (χ4v) is 4.83. The Morgan fingerprint density at radius 3 is 2.50 bits per heavy atom. The van der Waals surface area contributed by atoms with Gasteiger partial charge in [0, 0.05) is 31.3 Å². The Kier molecular flexibility index (Phi) is 7.64. The van der Waals surface area contributed by atoms with Gasteiger partial charge in [0.25, 0.3) is 0 Å². The maximum atomic E-state index is 11.6. The number of piperidine rings is 1. The fourth-order valence-electron chi connectivity index (χ4n) is 4.21. The van der Waals surface area contributed by atoms with Crippen LogP contribution in [-0.2, 0) is 19.7 Å². The number of hydrogen-bond donors (Lipinski definition) is 1. The molecule has 0 spiro atoms. The van der Waals surface area contributed by atoms with Crippen LogP contribution in [0.25, 0.3) is 0 Å². The van der Waals surface area contributed by atoms with Crippen LogP contribution in [0.4, 0.5) is 4.79 Å². The fraction of sp³-hybridized carbons (Fsp3) is 0.522. The standard InChI is InChI=1S/C23H29N3O7S/c1-14(2)20-10-19(8-9-26(20)23(27)28)33-22-15(3)21(24-13-25-22)32-18-6-4-16(5-7-18)17-11-30-34(29)31-12-17/h4-7,13-14,17,19-20H,8-12H2,1-3H3,(H,27,28)/t17?,19-,20+,34?/m1/s1. The molecule has 3 heterocycles. The molecule has 4 rings (SSSR count). The highest BCUT2D eigenvalue weighted by atomic mass is 32.2. The highest BCUT2D eigenvalue weighted by molar-refractivity contribution is 7.75. The van der Waals surface area contributed by atoms with Crippen molar-refractivity contribution in [2.45, 2.75) is 51.7 Å². The Morgan fingerprint density at radius 1 is 1.18 bits per heavy atom. The Bertz CT molecular complexity index is 1020. The molecule has 1 N–H and O–H groups in total. The molecule has 2 aliphatic rings. The Labute approximate surface area is 201 Å². The zero-order valence-electron chi connectivity index (χ0n) is 19.4. The van der Waals surface area contributed by atoms with Crippen molar-refractivity contribution in [3.05, 3.63) is 41.7 Å². The van der Waals surface area contributed by atoms with Crippen molar-refractivity contribution < 1.29 is 31.9 Å². The number of carboxylic acid groups (broad SMARTS) is 1. The SMILES string of the molecule is Cc1c(Oc2ccc(C3COS(=O)OC3)cc2)ncnc1O[C@@H]1CCN(C(=O)O)[C@H](C(C)C)C1. The number of rotatable bonds is 6. The molecule has 0 radical (unpaired) electrons. The van der Waals surface area contributed by atoms with Crippen LogP contribution in [0.2, 0.25) is 0 Å². The van der Waals surface area contributed by atoms with Gasteiger partial charge < -0.3 is 19.5 Å². The van der Waals surface area contributed by atoms with Crippen LogP contribution in [0.15, 0.2) is 30.6 Å². The van der Waals surface area contributed by atoms with Crippen LogP contribution in [0.3, 0.4) is 0 Å². The average molecular weight is 492 g/mol. The first-order valence-corrected chi connectivity index (χ1v) is 12.3. The molecule has 2 saturated heterocycles. The summed E-state index contributed by atoms with van der Waals surface area (Å²) >= 11 is -1.66. The van der Waals surface area contributed by atoms with Crippen LogP contribution in [0.5, 0.6) is 17.5 Å². The molecule has 34 heavy (non-hydrogen) atoms. The van der Waals surface area contributed by atoms with Gasteiger partial charge >= 0.3 is 17.5 Å². The molecule has 10 nitrogen and oxygen atoms in total. The largest absolute Gasteiger partial charge is 0.474 e. The number of hydrogen-bond acceptors (Lipinski definition) is 8. The number of likely N-dealkylation sites (tertiary alicyclic amines) is 1. The van der Waals surface area contributed by atoms with Gasteiger partial charge in [0.15, 0.2) is 0 Å². The smallest absolute Gasteiger partial charge is 0.407 e. The van der Waals surface area contributed by atoms with Crippen molar-refractivity contribution in [1.82, 2.24) is 14.9 Å². The van der Waals surface area contributed by atoms with Crippen LogP contribution in [0, 0.1) is 12.8 Å². The second-order valence-electron chi connectivity index (χ2n) is 8.80. The normalized spacial score (nSPS) is 25.2. The molecule has 0 aliphatic carbocycles. The topological polar surface area (TPSA) is 120 Å². The number of carbonyl (C=O) groups is 1. The molecule has 0 unspecified atom stereocenters. The van der Waals surface area contributed by atoms with Gasteiger partial charge in [-0.25, -0.2) is 14.8 Å².